The Labute approximate surface area is 130 Å². The normalized spacial score (nSPS) is 31.1. The molecule has 2 aliphatic heterocycles. The SMILES string of the molecule is CC[C@@]1(C(=O)N(C)Cc2nccs2)C[C@@H]2CC[C@H]1N2.Cl. The fourth-order valence-electron chi connectivity index (χ4n) is 3.76. The van der Waals surface area contributed by atoms with Crippen molar-refractivity contribution in [1.29, 1.82) is 0 Å². The van der Waals surface area contributed by atoms with Crippen LogP contribution in [0.15, 0.2) is 11.6 Å². The molecule has 0 radical (unpaired) electrons. The van der Waals surface area contributed by atoms with Crippen LogP contribution in [0.25, 0.3) is 0 Å². The van der Waals surface area contributed by atoms with Crippen molar-refractivity contribution in [3.8, 4) is 0 Å². The van der Waals surface area contributed by atoms with Crippen LogP contribution in [0, 0.1) is 5.41 Å². The van der Waals surface area contributed by atoms with Crippen molar-refractivity contribution in [2.45, 2.75) is 51.2 Å². The highest BCUT2D eigenvalue weighted by Crippen LogP contribution is 2.46. The van der Waals surface area contributed by atoms with E-state index in [9.17, 15) is 4.79 Å². The van der Waals surface area contributed by atoms with Gasteiger partial charge in [0.1, 0.15) is 5.01 Å². The number of hydrogen-bond acceptors (Lipinski definition) is 4. The molecule has 112 valence electrons. The van der Waals surface area contributed by atoms with E-state index in [4.69, 9.17) is 0 Å². The first-order valence-corrected chi connectivity index (χ1v) is 7.93. The first-order chi connectivity index (χ1) is 9.15. The summed E-state index contributed by atoms with van der Waals surface area (Å²) < 4.78 is 0. The van der Waals surface area contributed by atoms with Gasteiger partial charge in [-0.2, -0.15) is 0 Å². The number of halogens is 1. The molecule has 3 atom stereocenters. The van der Waals surface area contributed by atoms with Crippen LogP contribution < -0.4 is 5.32 Å². The van der Waals surface area contributed by atoms with E-state index in [0.29, 0.717) is 24.5 Å². The van der Waals surface area contributed by atoms with Crippen molar-refractivity contribution < 1.29 is 4.79 Å². The monoisotopic (exact) mass is 315 g/mol. The third kappa shape index (κ3) is 2.47. The molecule has 3 heterocycles. The first kappa shape index (κ1) is 15.7. The van der Waals surface area contributed by atoms with Gasteiger partial charge in [0.2, 0.25) is 5.91 Å². The Kier molecular flexibility index (Phi) is 4.72. The molecule has 1 N–H and O–H groups in total. The summed E-state index contributed by atoms with van der Waals surface area (Å²) in [5.74, 6) is 0.296. The Balaban J connectivity index is 0.00000147. The topological polar surface area (TPSA) is 45.2 Å². The maximum Gasteiger partial charge on any atom is 0.230 e. The van der Waals surface area contributed by atoms with E-state index >= 15 is 0 Å². The lowest BCUT2D eigenvalue weighted by Crippen LogP contribution is -2.48. The lowest BCUT2D eigenvalue weighted by atomic mass is 9.71. The number of rotatable bonds is 4. The van der Waals surface area contributed by atoms with Crippen LogP contribution in [-0.2, 0) is 11.3 Å². The van der Waals surface area contributed by atoms with E-state index in [1.807, 2.05) is 17.3 Å². The number of aromatic nitrogens is 1. The summed E-state index contributed by atoms with van der Waals surface area (Å²) in [5, 5.41) is 6.58. The van der Waals surface area contributed by atoms with E-state index in [1.54, 1.807) is 17.5 Å². The smallest absolute Gasteiger partial charge is 0.230 e. The summed E-state index contributed by atoms with van der Waals surface area (Å²) in [6.45, 7) is 2.78. The quantitative estimate of drug-likeness (QED) is 0.928. The molecular formula is C14H22ClN3OS. The standard InChI is InChI=1S/C14H21N3OS.ClH/c1-3-14(8-10-4-5-11(14)16-10)13(18)17(2)9-12-15-6-7-19-12;/h6-7,10-11,16H,3-5,8-9H2,1-2H3;1H/t10-,11+,14+;/m0./s1. The van der Waals surface area contributed by atoms with Crippen molar-refractivity contribution >= 4 is 29.7 Å². The van der Waals surface area contributed by atoms with Gasteiger partial charge in [0.25, 0.3) is 0 Å². The number of amides is 1. The first-order valence-electron chi connectivity index (χ1n) is 7.05. The number of fused-ring (bicyclic) bond motifs is 2. The van der Waals surface area contributed by atoms with E-state index in [0.717, 1.165) is 24.3 Å². The minimum atomic E-state index is -0.172. The highest BCUT2D eigenvalue weighted by atomic mass is 35.5. The van der Waals surface area contributed by atoms with Crippen LogP contribution in [0.3, 0.4) is 0 Å². The predicted molar refractivity (Wildman–Crippen MR) is 83.1 cm³/mol. The van der Waals surface area contributed by atoms with Crippen LogP contribution in [0.1, 0.15) is 37.6 Å². The number of nitrogens with zero attached hydrogens (tertiary/aromatic N) is 2. The van der Waals surface area contributed by atoms with Gasteiger partial charge in [0, 0.05) is 30.7 Å². The molecule has 0 aromatic carbocycles. The summed E-state index contributed by atoms with van der Waals surface area (Å²) in [7, 11) is 1.91. The Morgan fingerprint density at radius 2 is 2.40 bits per heavy atom. The van der Waals surface area contributed by atoms with Gasteiger partial charge < -0.3 is 10.2 Å². The van der Waals surface area contributed by atoms with E-state index < -0.39 is 0 Å². The van der Waals surface area contributed by atoms with Crippen LogP contribution in [0.4, 0.5) is 0 Å². The van der Waals surface area contributed by atoms with Crippen molar-refractivity contribution in [2.75, 3.05) is 7.05 Å². The molecule has 0 aliphatic carbocycles. The fourth-order valence-corrected chi connectivity index (χ4v) is 4.43. The molecule has 1 aromatic heterocycles. The average molecular weight is 316 g/mol. The van der Waals surface area contributed by atoms with Crippen LogP contribution in [-0.4, -0.2) is 34.9 Å². The Morgan fingerprint density at radius 3 is 2.90 bits per heavy atom. The highest BCUT2D eigenvalue weighted by Gasteiger charge is 2.55. The molecule has 4 nitrogen and oxygen atoms in total. The van der Waals surface area contributed by atoms with Gasteiger partial charge in [0.15, 0.2) is 0 Å². The summed E-state index contributed by atoms with van der Waals surface area (Å²) in [5.41, 5.74) is -0.172. The number of carbonyl (C=O) groups excluding carboxylic acids is 1. The lowest BCUT2D eigenvalue weighted by molar-refractivity contribution is -0.143. The maximum atomic E-state index is 12.9. The lowest BCUT2D eigenvalue weighted by Gasteiger charge is -2.37. The molecule has 1 aromatic rings. The third-order valence-corrected chi connectivity index (χ3v) is 5.54. The summed E-state index contributed by atoms with van der Waals surface area (Å²) in [6.07, 6.45) is 6.12. The van der Waals surface area contributed by atoms with Gasteiger partial charge in [-0.3, -0.25) is 4.79 Å². The molecule has 2 aliphatic rings. The van der Waals surface area contributed by atoms with Crippen LogP contribution in [0.5, 0.6) is 0 Å². The van der Waals surface area contributed by atoms with Crippen molar-refractivity contribution in [3.05, 3.63) is 16.6 Å². The number of hydrogen-bond donors (Lipinski definition) is 1. The van der Waals surface area contributed by atoms with E-state index in [2.05, 4.69) is 17.2 Å². The highest BCUT2D eigenvalue weighted by molar-refractivity contribution is 7.09. The van der Waals surface area contributed by atoms with Crippen LogP contribution in [0.2, 0.25) is 0 Å². The minimum absolute atomic E-state index is 0. The predicted octanol–water partition coefficient (Wildman–Crippen LogP) is 2.44. The number of nitrogens with one attached hydrogen (secondary N) is 1. The largest absolute Gasteiger partial charge is 0.338 e. The zero-order valence-corrected chi connectivity index (χ0v) is 13.6. The second-order valence-electron chi connectivity index (χ2n) is 5.79. The molecule has 20 heavy (non-hydrogen) atoms. The molecule has 6 heteroatoms. The van der Waals surface area contributed by atoms with Gasteiger partial charge in [-0.25, -0.2) is 4.98 Å². The van der Waals surface area contributed by atoms with Gasteiger partial charge in [-0.15, -0.1) is 23.7 Å². The minimum Gasteiger partial charge on any atom is -0.338 e. The van der Waals surface area contributed by atoms with Crippen molar-refractivity contribution in [2.24, 2.45) is 5.41 Å². The molecule has 0 unspecified atom stereocenters. The van der Waals surface area contributed by atoms with E-state index in [1.165, 1.54) is 6.42 Å². The number of carbonyl (C=O) groups is 1. The molecule has 2 saturated heterocycles. The second kappa shape index (κ2) is 6.00. The second-order valence-corrected chi connectivity index (χ2v) is 6.77. The Hall–Kier alpha value is -0.650. The maximum absolute atomic E-state index is 12.9. The van der Waals surface area contributed by atoms with Gasteiger partial charge in [0.05, 0.1) is 12.0 Å². The van der Waals surface area contributed by atoms with E-state index in [-0.39, 0.29) is 17.8 Å². The van der Waals surface area contributed by atoms with Gasteiger partial charge in [-0.1, -0.05) is 6.92 Å². The molecule has 0 saturated carbocycles. The molecule has 3 rings (SSSR count). The summed E-state index contributed by atoms with van der Waals surface area (Å²) in [6, 6.07) is 0.941. The molecule has 1 amide bonds. The summed E-state index contributed by atoms with van der Waals surface area (Å²) >= 11 is 1.61. The zero-order valence-electron chi connectivity index (χ0n) is 12.0. The fraction of sp³-hybridized carbons (Fsp3) is 0.714. The number of thiazole rings is 1. The Bertz CT molecular complexity index is 467. The summed E-state index contributed by atoms with van der Waals surface area (Å²) in [4.78, 5) is 19.0. The molecular weight excluding hydrogens is 294 g/mol. The van der Waals surface area contributed by atoms with Crippen LogP contribution >= 0.6 is 23.7 Å². The average Bonchev–Trinajstić information content (AvgIpc) is 3.13. The zero-order chi connectivity index (χ0) is 13.5. The van der Waals surface area contributed by atoms with Gasteiger partial charge >= 0.3 is 0 Å². The van der Waals surface area contributed by atoms with Crippen molar-refractivity contribution in [1.82, 2.24) is 15.2 Å². The van der Waals surface area contributed by atoms with Crippen molar-refractivity contribution in [3.63, 3.8) is 0 Å². The van der Waals surface area contributed by atoms with Gasteiger partial charge in [-0.05, 0) is 25.7 Å². The molecule has 2 fully saturated rings. The molecule has 0 spiro atoms. The Morgan fingerprint density at radius 1 is 1.60 bits per heavy atom. The molecule has 2 bridgehead atoms. The third-order valence-electron chi connectivity index (χ3n) is 4.78.